The predicted molar refractivity (Wildman–Crippen MR) is 91.3 cm³/mol. The van der Waals surface area contributed by atoms with E-state index >= 15 is 0 Å². The summed E-state index contributed by atoms with van der Waals surface area (Å²) in [6.07, 6.45) is 3.11. The second-order valence-electron chi connectivity index (χ2n) is 5.36. The number of hydrogen-bond donors (Lipinski definition) is 0. The molecule has 0 N–H and O–H groups in total. The summed E-state index contributed by atoms with van der Waals surface area (Å²) < 4.78 is 5.42. The van der Waals surface area contributed by atoms with Gasteiger partial charge in [-0.1, -0.05) is 12.1 Å². The average Bonchev–Trinajstić information content (AvgIpc) is 3.17. The van der Waals surface area contributed by atoms with Gasteiger partial charge in [-0.15, -0.1) is 0 Å². The molecule has 2 heterocycles. The van der Waals surface area contributed by atoms with Crippen LogP contribution in [0.2, 0.25) is 0 Å². The maximum Gasteiger partial charge on any atom is 0.270 e. The predicted octanol–water partition coefficient (Wildman–Crippen LogP) is 3.99. The number of rotatable bonds is 5. The summed E-state index contributed by atoms with van der Waals surface area (Å²) >= 11 is 0. The number of aromatic nitrogens is 1. The molecule has 3 aromatic rings. The number of benzene rings is 1. The van der Waals surface area contributed by atoms with Gasteiger partial charge in [0.05, 0.1) is 17.2 Å². The van der Waals surface area contributed by atoms with Gasteiger partial charge in [0.1, 0.15) is 11.6 Å². The van der Waals surface area contributed by atoms with Crippen LogP contribution in [0.25, 0.3) is 0 Å². The van der Waals surface area contributed by atoms with Gasteiger partial charge in [-0.3, -0.25) is 19.8 Å². The van der Waals surface area contributed by atoms with Crippen molar-refractivity contribution >= 4 is 17.4 Å². The van der Waals surface area contributed by atoms with Gasteiger partial charge in [-0.05, 0) is 37.3 Å². The molecule has 7 heteroatoms. The smallest absolute Gasteiger partial charge is 0.270 e. The number of hydrogen-bond acceptors (Lipinski definition) is 5. The molecular weight excluding hydrogens is 322 g/mol. The van der Waals surface area contributed by atoms with Crippen molar-refractivity contribution in [1.82, 2.24) is 4.98 Å². The number of pyridine rings is 1. The lowest BCUT2D eigenvalue weighted by Crippen LogP contribution is -2.34. The van der Waals surface area contributed by atoms with Crippen molar-refractivity contribution in [2.24, 2.45) is 0 Å². The molecule has 1 amide bonds. The Labute approximate surface area is 143 Å². The number of anilines is 1. The fourth-order valence-electron chi connectivity index (χ4n) is 2.52. The molecule has 25 heavy (non-hydrogen) atoms. The Morgan fingerprint density at radius 3 is 2.68 bits per heavy atom. The molecule has 7 nitrogen and oxygen atoms in total. The van der Waals surface area contributed by atoms with E-state index in [1.165, 1.54) is 29.4 Å². The zero-order valence-electron chi connectivity index (χ0n) is 13.4. The summed E-state index contributed by atoms with van der Waals surface area (Å²) in [5.41, 5.74) is 0.0655. The van der Waals surface area contributed by atoms with Crippen LogP contribution in [0, 0.1) is 10.1 Å². The monoisotopic (exact) mass is 337 g/mol. The largest absolute Gasteiger partial charge is 0.467 e. The molecule has 2 aromatic heterocycles. The van der Waals surface area contributed by atoms with Gasteiger partial charge < -0.3 is 4.42 Å². The van der Waals surface area contributed by atoms with Crippen LogP contribution in [-0.2, 0) is 0 Å². The topological polar surface area (TPSA) is 89.5 Å². The van der Waals surface area contributed by atoms with Gasteiger partial charge in [0.2, 0.25) is 0 Å². The zero-order valence-corrected chi connectivity index (χ0v) is 13.4. The van der Waals surface area contributed by atoms with Gasteiger partial charge >= 0.3 is 0 Å². The Morgan fingerprint density at radius 1 is 1.20 bits per heavy atom. The van der Waals surface area contributed by atoms with Gasteiger partial charge in [0.25, 0.3) is 11.6 Å². The summed E-state index contributed by atoms with van der Waals surface area (Å²) in [6.45, 7) is 1.81. The summed E-state index contributed by atoms with van der Waals surface area (Å²) in [5.74, 6) is 0.624. The molecule has 0 aliphatic rings. The summed E-state index contributed by atoms with van der Waals surface area (Å²) in [7, 11) is 0. The lowest BCUT2D eigenvalue weighted by atomic mass is 10.1. The fraction of sp³-hybridized carbons (Fsp3) is 0.111. The molecule has 0 radical (unpaired) electrons. The highest BCUT2D eigenvalue weighted by molar-refractivity contribution is 6.06. The van der Waals surface area contributed by atoms with Crippen LogP contribution in [0.4, 0.5) is 11.5 Å². The van der Waals surface area contributed by atoms with Crippen LogP contribution in [-0.4, -0.2) is 15.8 Å². The van der Waals surface area contributed by atoms with Crippen LogP contribution in [0.5, 0.6) is 0 Å². The molecule has 0 unspecified atom stereocenters. The molecule has 0 fully saturated rings. The first kappa shape index (κ1) is 16.4. The third-order valence-electron chi connectivity index (χ3n) is 3.76. The van der Waals surface area contributed by atoms with Crippen molar-refractivity contribution < 1.29 is 14.1 Å². The SMILES string of the molecule is C[C@H](c1ccco1)N(C(=O)c1cccc([N+](=O)[O-])c1)c1ccccn1. The average molecular weight is 337 g/mol. The Morgan fingerprint density at radius 2 is 2.04 bits per heavy atom. The van der Waals surface area contributed by atoms with E-state index in [9.17, 15) is 14.9 Å². The van der Waals surface area contributed by atoms with Crippen molar-refractivity contribution in [2.75, 3.05) is 4.90 Å². The number of nitro benzene ring substituents is 1. The summed E-state index contributed by atoms with van der Waals surface area (Å²) in [6, 6.07) is 13.9. The van der Waals surface area contributed by atoms with E-state index in [1.807, 2.05) is 6.92 Å². The van der Waals surface area contributed by atoms with E-state index in [2.05, 4.69) is 4.98 Å². The second kappa shape index (κ2) is 6.96. The highest BCUT2D eigenvalue weighted by atomic mass is 16.6. The van der Waals surface area contributed by atoms with E-state index in [0.29, 0.717) is 11.6 Å². The minimum atomic E-state index is -0.530. The molecule has 3 rings (SSSR count). The second-order valence-corrected chi connectivity index (χ2v) is 5.36. The van der Waals surface area contributed by atoms with Crippen LogP contribution >= 0.6 is 0 Å². The van der Waals surface area contributed by atoms with Gasteiger partial charge in [0.15, 0.2) is 0 Å². The normalized spacial score (nSPS) is 11.7. The Kier molecular flexibility index (Phi) is 4.56. The molecule has 0 saturated carbocycles. The van der Waals surface area contributed by atoms with E-state index in [0.717, 1.165) is 0 Å². The number of amides is 1. The lowest BCUT2D eigenvalue weighted by Gasteiger charge is -2.27. The highest BCUT2D eigenvalue weighted by Crippen LogP contribution is 2.28. The van der Waals surface area contributed by atoms with Gasteiger partial charge in [-0.2, -0.15) is 0 Å². The fourth-order valence-corrected chi connectivity index (χ4v) is 2.52. The molecule has 1 atom stereocenters. The van der Waals surface area contributed by atoms with Gasteiger partial charge in [0, 0.05) is 23.9 Å². The van der Waals surface area contributed by atoms with Crippen LogP contribution in [0.1, 0.15) is 29.1 Å². The van der Waals surface area contributed by atoms with E-state index < -0.39 is 16.9 Å². The van der Waals surface area contributed by atoms with Crippen molar-refractivity contribution in [3.05, 3.63) is 88.5 Å². The minimum Gasteiger partial charge on any atom is -0.467 e. The first-order valence-electron chi connectivity index (χ1n) is 7.60. The van der Waals surface area contributed by atoms with Crippen LogP contribution < -0.4 is 4.90 Å². The van der Waals surface area contributed by atoms with Crippen molar-refractivity contribution in [2.45, 2.75) is 13.0 Å². The Bertz CT molecular complexity index is 878. The quantitative estimate of drug-likeness (QED) is 0.519. The van der Waals surface area contributed by atoms with Crippen molar-refractivity contribution in [3.63, 3.8) is 0 Å². The van der Waals surface area contributed by atoms with E-state index in [-0.39, 0.29) is 11.3 Å². The molecule has 0 spiro atoms. The number of nitro groups is 1. The van der Waals surface area contributed by atoms with Crippen LogP contribution in [0.15, 0.2) is 71.5 Å². The lowest BCUT2D eigenvalue weighted by molar-refractivity contribution is -0.384. The van der Waals surface area contributed by atoms with Crippen molar-refractivity contribution in [1.29, 1.82) is 0 Å². The first-order chi connectivity index (χ1) is 12.1. The minimum absolute atomic E-state index is 0.141. The van der Waals surface area contributed by atoms with Crippen LogP contribution in [0.3, 0.4) is 0 Å². The highest BCUT2D eigenvalue weighted by Gasteiger charge is 2.27. The molecule has 1 aromatic carbocycles. The molecule has 0 bridgehead atoms. The number of carbonyl (C=O) groups excluding carboxylic acids is 1. The molecule has 0 saturated heterocycles. The van der Waals surface area contributed by atoms with E-state index in [1.54, 1.807) is 42.6 Å². The number of nitrogens with zero attached hydrogens (tertiary/aromatic N) is 3. The van der Waals surface area contributed by atoms with Crippen molar-refractivity contribution in [3.8, 4) is 0 Å². The number of non-ortho nitro benzene ring substituents is 1. The Balaban J connectivity index is 2.04. The first-order valence-corrected chi connectivity index (χ1v) is 7.60. The van der Waals surface area contributed by atoms with Gasteiger partial charge in [-0.25, -0.2) is 4.98 Å². The standard InChI is InChI=1S/C18H15N3O4/c1-13(16-8-5-11-25-16)20(17-9-2-3-10-19-17)18(22)14-6-4-7-15(12-14)21(23)24/h2-13H,1H3/t13-/m1/s1. The number of carbonyl (C=O) groups is 1. The molecular formula is C18H15N3O4. The molecule has 0 aliphatic carbocycles. The molecule has 0 aliphatic heterocycles. The molecule has 126 valence electrons. The third kappa shape index (κ3) is 3.40. The summed E-state index contributed by atoms with van der Waals surface area (Å²) in [5, 5.41) is 11.0. The third-order valence-corrected chi connectivity index (χ3v) is 3.76. The number of furan rings is 1. The zero-order chi connectivity index (χ0) is 17.8. The van der Waals surface area contributed by atoms with E-state index in [4.69, 9.17) is 4.42 Å². The maximum absolute atomic E-state index is 13.1. The maximum atomic E-state index is 13.1. The Hall–Kier alpha value is -3.48. The summed E-state index contributed by atoms with van der Waals surface area (Å²) in [4.78, 5) is 29.2.